The summed E-state index contributed by atoms with van der Waals surface area (Å²) in [5, 5.41) is 9.56. The van der Waals surface area contributed by atoms with Gasteiger partial charge in [-0.25, -0.2) is 0 Å². The van der Waals surface area contributed by atoms with E-state index in [4.69, 9.17) is 4.74 Å². The Morgan fingerprint density at radius 1 is 1.53 bits per heavy atom. The van der Waals surface area contributed by atoms with Crippen LogP contribution >= 0.6 is 0 Å². The zero-order chi connectivity index (χ0) is 11.3. The van der Waals surface area contributed by atoms with Gasteiger partial charge in [0.25, 0.3) is 0 Å². The predicted octanol–water partition coefficient (Wildman–Crippen LogP) is 1.92. The van der Waals surface area contributed by atoms with Gasteiger partial charge in [-0.15, -0.1) is 0 Å². The molecule has 1 heterocycles. The number of carbonyl (C=O) groups excluding carboxylic acids is 1. The fourth-order valence-electron chi connectivity index (χ4n) is 2.08. The van der Waals surface area contributed by atoms with E-state index in [1.807, 2.05) is 13.8 Å². The van der Waals surface area contributed by atoms with Crippen LogP contribution in [0.4, 0.5) is 0 Å². The maximum Gasteiger partial charge on any atom is 0.148 e. The third-order valence-electron chi connectivity index (χ3n) is 2.98. The SMILES string of the molecule is CC(C)(O)CCCC1CCOC(C=O)C1. The standard InChI is InChI=1S/C12H22O3/c1-12(2,14)6-3-4-10-5-7-15-11(8-10)9-13/h9-11,14H,3-8H2,1-2H3. The van der Waals surface area contributed by atoms with Crippen LogP contribution < -0.4 is 0 Å². The minimum absolute atomic E-state index is 0.189. The molecule has 0 spiro atoms. The highest BCUT2D eigenvalue weighted by atomic mass is 16.5. The van der Waals surface area contributed by atoms with E-state index in [1.165, 1.54) is 0 Å². The van der Waals surface area contributed by atoms with E-state index in [2.05, 4.69) is 0 Å². The van der Waals surface area contributed by atoms with Crippen molar-refractivity contribution in [3.8, 4) is 0 Å². The molecule has 1 aliphatic rings. The summed E-state index contributed by atoms with van der Waals surface area (Å²) < 4.78 is 5.29. The number of ether oxygens (including phenoxy) is 1. The molecule has 0 radical (unpaired) electrons. The van der Waals surface area contributed by atoms with E-state index < -0.39 is 5.60 Å². The van der Waals surface area contributed by atoms with Crippen LogP contribution in [0.2, 0.25) is 0 Å². The Morgan fingerprint density at radius 2 is 2.27 bits per heavy atom. The van der Waals surface area contributed by atoms with Gasteiger partial charge in [-0.1, -0.05) is 12.8 Å². The Labute approximate surface area is 91.8 Å². The molecule has 0 aliphatic carbocycles. The number of hydrogen-bond donors (Lipinski definition) is 1. The molecule has 15 heavy (non-hydrogen) atoms. The summed E-state index contributed by atoms with van der Waals surface area (Å²) in [6, 6.07) is 0. The summed E-state index contributed by atoms with van der Waals surface area (Å²) in [6.45, 7) is 4.38. The molecule has 3 heteroatoms. The van der Waals surface area contributed by atoms with Crippen molar-refractivity contribution in [2.75, 3.05) is 6.61 Å². The fraction of sp³-hybridized carbons (Fsp3) is 0.917. The maximum absolute atomic E-state index is 10.6. The Bertz CT molecular complexity index is 196. The van der Waals surface area contributed by atoms with Crippen molar-refractivity contribution in [3.05, 3.63) is 0 Å². The maximum atomic E-state index is 10.6. The molecule has 1 N–H and O–H groups in total. The molecule has 0 bridgehead atoms. The molecule has 0 aromatic carbocycles. The molecule has 2 unspecified atom stereocenters. The molecule has 2 atom stereocenters. The largest absolute Gasteiger partial charge is 0.390 e. The van der Waals surface area contributed by atoms with Crippen LogP contribution in [0.1, 0.15) is 46.0 Å². The van der Waals surface area contributed by atoms with Crippen molar-refractivity contribution in [1.82, 2.24) is 0 Å². The normalized spacial score (nSPS) is 27.7. The van der Waals surface area contributed by atoms with Gasteiger partial charge in [-0.3, -0.25) is 0 Å². The van der Waals surface area contributed by atoms with Crippen LogP contribution in [-0.4, -0.2) is 29.7 Å². The van der Waals surface area contributed by atoms with Crippen molar-refractivity contribution in [2.45, 2.75) is 57.7 Å². The molecule has 1 rings (SSSR count). The highest BCUT2D eigenvalue weighted by molar-refractivity contribution is 5.56. The van der Waals surface area contributed by atoms with Crippen molar-refractivity contribution in [3.63, 3.8) is 0 Å². The molecule has 1 fully saturated rings. The lowest BCUT2D eigenvalue weighted by Crippen LogP contribution is -2.27. The van der Waals surface area contributed by atoms with Gasteiger partial charge >= 0.3 is 0 Å². The fourth-order valence-corrected chi connectivity index (χ4v) is 2.08. The summed E-state index contributed by atoms with van der Waals surface area (Å²) in [4.78, 5) is 10.6. The topological polar surface area (TPSA) is 46.5 Å². The Kier molecular flexibility index (Phi) is 4.74. The van der Waals surface area contributed by atoms with Gasteiger partial charge in [0.2, 0.25) is 0 Å². The van der Waals surface area contributed by atoms with Crippen LogP contribution in [-0.2, 0) is 9.53 Å². The molecule has 88 valence electrons. The first-order valence-corrected chi connectivity index (χ1v) is 5.80. The van der Waals surface area contributed by atoms with Gasteiger partial charge in [-0.2, -0.15) is 0 Å². The van der Waals surface area contributed by atoms with Crippen molar-refractivity contribution in [1.29, 1.82) is 0 Å². The van der Waals surface area contributed by atoms with E-state index in [9.17, 15) is 9.90 Å². The monoisotopic (exact) mass is 214 g/mol. The highest BCUT2D eigenvalue weighted by Gasteiger charge is 2.22. The lowest BCUT2D eigenvalue weighted by Gasteiger charge is -2.27. The van der Waals surface area contributed by atoms with E-state index in [1.54, 1.807) is 0 Å². The second kappa shape index (κ2) is 5.61. The molecule has 0 aromatic heterocycles. The second-order valence-electron chi connectivity index (χ2n) is 5.14. The van der Waals surface area contributed by atoms with Gasteiger partial charge in [0.1, 0.15) is 12.4 Å². The Hall–Kier alpha value is -0.410. The molecule has 0 aromatic rings. The van der Waals surface area contributed by atoms with Crippen LogP contribution in [0.5, 0.6) is 0 Å². The first-order valence-electron chi connectivity index (χ1n) is 5.80. The van der Waals surface area contributed by atoms with Crippen molar-refractivity contribution >= 4 is 6.29 Å². The van der Waals surface area contributed by atoms with Crippen LogP contribution in [0.25, 0.3) is 0 Å². The van der Waals surface area contributed by atoms with E-state index in [-0.39, 0.29) is 6.10 Å². The number of aldehydes is 1. The first kappa shape index (κ1) is 12.7. The average molecular weight is 214 g/mol. The minimum Gasteiger partial charge on any atom is -0.390 e. The second-order valence-corrected chi connectivity index (χ2v) is 5.14. The number of carbonyl (C=O) groups is 1. The summed E-state index contributed by atoms with van der Waals surface area (Å²) in [5.74, 6) is 0.594. The zero-order valence-electron chi connectivity index (χ0n) is 9.74. The summed E-state index contributed by atoms with van der Waals surface area (Å²) in [5.41, 5.74) is -0.560. The minimum atomic E-state index is -0.560. The van der Waals surface area contributed by atoms with Gasteiger partial charge in [0.15, 0.2) is 0 Å². The highest BCUT2D eigenvalue weighted by Crippen LogP contribution is 2.25. The summed E-state index contributed by atoms with van der Waals surface area (Å²) in [6.07, 6.45) is 5.58. The molecule has 3 nitrogen and oxygen atoms in total. The molecule has 0 amide bonds. The first-order chi connectivity index (χ1) is 7.01. The van der Waals surface area contributed by atoms with Crippen molar-refractivity contribution in [2.24, 2.45) is 5.92 Å². The van der Waals surface area contributed by atoms with E-state index in [0.29, 0.717) is 12.5 Å². The van der Waals surface area contributed by atoms with Gasteiger partial charge < -0.3 is 14.6 Å². The summed E-state index contributed by atoms with van der Waals surface area (Å²) in [7, 11) is 0. The Balaban J connectivity index is 2.18. The predicted molar refractivity (Wildman–Crippen MR) is 58.7 cm³/mol. The molecular weight excluding hydrogens is 192 g/mol. The van der Waals surface area contributed by atoms with Crippen LogP contribution in [0.3, 0.4) is 0 Å². The smallest absolute Gasteiger partial charge is 0.148 e. The van der Waals surface area contributed by atoms with Gasteiger partial charge in [-0.05, 0) is 39.0 Å². The van der Waals surface area contributed by atoms with Crippen molar-refractivity contribution < 1.29 is 14.6 Å². The summed E-state index contributed by atoms with van der Waals surface area (Å²) >= 11 is 0. The average Bonchev–Trinajstić information content (AvgIpc) is 2.16. The number of hydrogen-bond acceptors (Lipinski definition) is 3. The third kappa shape index (κ3) is 5.28. The van der Waals surface area contributed by atoms with Crippen LogP contribution in [0.15, 0.2) is 0 Å². The third-order valence-corrected chi connectivity index (χ3v) is 2.98. The molecular formula is C12H22O3. The lowest BCUT2D eigenvalue weighted by atomic mass is 9.89. The molecule has 1 aliphatic heterocycles. The van der Waals surface area contributed by atoms with E-state index in [0.717, 1.165) is 38.4 Å². The zero-order valence-corrected chi connectivity index (χ0v) is 9.74. The Morgan fingerprint density at radius 3 is 2.87 bits per heavy atom. The number of aliphatic hydroxyl groups is 1. The van der Waals surface area contributed by atoms with E-state index >= 15 is 0 Å². The van der Waals surface area contributed by atoms with Gasteiger partial charge in [0, 0.05) is 6.61 Å². The number of rotatable bonds is 5. The van der Waals surface area contributed by atoms with Gasteiger partial charge in [0.05, 0.1) is 5.60 Å². The van der Waals surface area contributed by atoms with Crippen LogP contribution in [0, 0.1) is 5.92 Å². The lowest BCUT2D eigenvalue weighted by molar-refractivity contribution is -0.122. The quantitative estimate of drug-likeness (QED) is 0.711. The molecule has 1 saturated heterocycles. The molecule has 0 saturated carbocycles.